The predicted molar refractivity (Wildman–Crippen MR) is 90.5 cm³/mol. The minimum atomic E-state index is -0.462. The van der Waals surface area contributed by atoms with Crippen LogP contribution in [0.15, 0.2) is 59.1 Å². The van der Waals surface area contributed by atoms with E-state index in [1.54, 1.807) is 43.3 Å². The molecule has 6 heteroatoms. The highest BCUT2D eigenvalue weighted by molar-refractivity contribution is 6.31. The maximum atomic E-state index is 12.7. The molecule has 0 saturated heterocycles. The van der Waals surface area contributed by atoms with E-state index in [-0.39, 0.29) is 11.5 Å². The molecule has 0 fully saturated rings. The average Bonchev–Trinajstić information content (AvgIpc) is 3.03. The van der Waals surface area contributed by atoms with E-state index in [4.69, 9.17) is 16.1 Å². The molecule has 0 aliphatic heterocycles. The zero-order chi connectivity index (χ0) is 17.1. The number of halogens is 1. The van der Waals surface area contributed by atoms with Crippen LogP contribution in [-0.4, -0.2) is 16.8 Å². The minimum Gasteiger partial charge on any atom is -0.361 e. The van der Waals surface area contributed by atoms with Gasteiger partial charge in [0.15, 0.2) is 11.5 Å². The van der Waals surface area contributed by atoms with E-state index < -0.39 is 5.91 Å². The first kappa shape index (κ1) is 16.0. The van der Waals surface area contributed by atoms with Gasteiger partial charge in [-0.2, -0.15) is 0 Å². The van der Waals surface area contributed by atoms with Crippen LogP contribution in [-0.2, 0) is 0 Å². The number of amides is 1. The van der Waals surface area contributed by atoms with Gasteiger partial charge < -0.3 is 9.84 Å². The second-order valence-electron chi connectivity index (χ2n) is 5.16. The van der Waals surface area contributed by atoms with Crippen LogP contribution in [0.5, 0.6) is 0 Å². The molecule has 0 spiro atoms. The molecule has 0 radical (unpaired) electrons. The normalized spacial score (nSPS) is 10.4. The summed E-state index contributed by atoms with van der Waals surface area (Å²) in [6.45, 7) is 1.69. The Hall–Kier alpha value is -2.92. The van der Waals surface area contributed by atoms with E-state index in [1.807, 2.05) is 6.07 Å². The number of nitrogens with one attached hydrogen (secondary N) is 1. The van der Waals surface area contributed by atoms with Gasteiger partial charge in [-0.05, 0) is 25.1 Å². The Morgan fingerprint density at radius 1 is 1.08 bits per heavy atom. The number of nitrogens with zero attached hydrogens (tertiary/aromatic N) is 1. The Balaban J connectivity index is 1.94. The van der Waals surface area contributed by atoms with Crippen LogP contribution in [0.3, 0.4) is 0 Å². The van der Waals surface area contributed by atoms with E-state index >= 15 is 0 Å². The second kappa shape index (κ2) is 6.68. The number of rotatable bonds is 4. The molecule has 0 aliphatic carbocycles. The Morgan fingerprint density at radius 2 is 1.83 bits per heavy atom. The lowest BCUT2D eigenvalue weighted by Gasteiger charge is -2.10. The van der Waals surface area contributed by atoms with Gasteiger partial charge in [0.25, 0.3) is 5.91 Å². The van der Waals surface area contributed by atoms with Crippen molar-refractivity contribution < 1.29 is 14.1 Å². The van der Waals surface area contributed by atoms with Gasteiger partial charge in [-0.15, -0.1) is 0 Å². The zero-order valence-corrected chi connectivity index (χ0v) is 13.5. The van der Waals surface area contributed by atoms with E-state index in [1.165, 1.54) is 12.1 Å². The molecule has 24 heavy (non-hydrogen) atoms. The molecule has 3 rings (SSSR count). The Kier molecular flexibility index (Phi) is 4.44. The van der Waals surface area contributed by atoms with E-state index in [0.717, 1.165) is 0 Å². The molecular weight excluding hydrogens is 328 g/mol. The maximum absolute atomic E-state index is 12.7. The summed E-state index contributed by atoms with van der Waals surface area (Å²) in [5.41, 5.74) is 1.31. The summed E-state index contributed by atoms with van der Waals surface area (Å²) in [6.07, 6.45) is 0. The number of aromatic nitrogens is 1. The molecule has 1 amide bonds. The largest absolute Gasteiger partial charge is 0.361 e. The third-order valence-electron chi connectivity index (χ3n) is 3.37. The van der Waals surface area contributed by atoms with Gasteiger partial charge >= 0.3 is 0 Å². The third-order valence-corrected chi connectivity index (χ3v) is 3.61. The van der Waals surface area contributed by atoms with Crippen LogP contribution in [0.4, 0.5) is 5.69 Å². The third kappa shape index (κ3) is 3.36. The summed E-state index contributed by atoms with van der Waals surface area (Å²) < 4.78 is 4.89. The number of carbonyl (C=O) groups is 2. The monoisotopic (exact) mass is 340 g/mol. The van der Waals surface area contributed by atoms with Crippen LogP contribution < -0.4 is 5.32 Å². The number of benzene rings is 2. The SMILES string of the molecule is Cc1cc(C(=O)Nc2ccc(Cl)cc2C(=O)c2ccccc2)no1. The standard InChI is InChI=1S/C18H13ClN2O3/c1-11-9-16(21-24-11)18(23)20-15-8-7-13(19)10-14(15)17(22)12-5-3-2-4-6-12/h2-10H,1H3,(H,20,23). The van der Waals surface area contributed by atoms with Gasteiger partial charge in [-0.1, -0.05) is 47.1 Å². The molecule has 0 unspecified atom stereocenters. The van der Waals surface area contributed by atoms with Crippen molar-refractivity contribution in [2.45, 2.75) is 6.92 Å². The Morgan fingerprint density at radius 3 is 2.50 bits per heavy atom. The predicted octanol–water partition coefficient (Wildman–Crippen LogP) is 4.12. The first-order chi connectivity index (χ1) is 11.5. The van der Waals surface area contributed by atoms with Crippen LogP contribution in [0.1, 0.15) is 32.2 Å². The highest BCUT2D eigenvalue weighted by atomic mass is 35.5. The van der Waals surface area contributed by atoms with Gasteiger partial charge in [0, 0.05) is 22.2 Å². The fourth-order valence-electron chi connectivity index (χ4n) is 2.22. The lowest BCUT2D eigenvalue weighted by atomic mass is 10.0. The lowest BCUT2D eigenvalue weighted by molar-refractivity contribution is 0.101. The molecule has 1 N–H and O–H groups in total. The fraction of sp³-hybridized carbons (Fsp3) is 0.0556. The first-order valence-corrected chi connectivity index (χ1v) is 7.56. The van der Waals surface area contributed by atoms with Gasteiger partial charge in [0.2, 0.25) is 0 Å². The van der Waals surface area contributed by atoms with Crippen molar-refractivity contribution in [1.29, 1.82) is 0 Å². The summed E-state index contributed by atoms with van der Waals surface area (Å²) in [4.78, 5) is 24.9. The van der Waals surface area contributed by atoms with E-state index in [2.05, 4.69) is 10.5 Å². The molecule has 3 aromatic rings. The molecule has 120 valence electrons. The summed E-state index contributed by atoms with van der Waals surface area (Å²) in [6, 6.07) is 15.0. The highest BCUT2D eigenvalue weighted by Gasteiger charge is 2.18. The van der Waals surface area contributed by atoms with Crippen molar-refractivity contribution in [1.82, 2.24) is 5.16 Å². The Bertz CT molecular complexity index is 904. The number of carbonyl (C=O) groups excluding carboxylic acids is 2. The van der Waals surface area contributed by atoms with Crippen molar-refractivity contribution in [2.75, 3.05) is 5.32 Å². The molecule has 5 nitrogen and oxygen atoms in total. The molecule has 0 saturated carbocycles. The Labute approximate surface area is 143 Å². The maximum Gasteiger partial charge on any atom is 0.277 e. The fourth-order valence-corrected chi connectivity index (χ4v) is 2.39. The van der Waals surface area contributed by atoms with Gasteiger partial charge in [0.1, 0.15) is 5.76 Å². The highest BCUT2D eigenvalue weighted by Crippen LogP contribution is 2.24. The van der Waals surface area contributed by atoms with Gasteiger partial charge in [-0.3, -0.25) is 9.59 Å². The van der Waals surface area contributed by atoms with Crippen molar-refractivity contribution >= 4 is 29.0 Å². The van der Waals surface area contributed by atoms with Crippen molar-refractivity contribution in [3.8, 4) is 0 Å². The van der Waals surface area contributed by atoms with Gasteiger partial charge in [0.05, 0.1) is 5.69 Å². The van der Waals surface area contributed by atoms with Crippen LogP contribution >= 0.6 is 11.6 Å². The molecule has 0 atom stereocenters. The van der Waals surface area contributed by atoms with E-state index in [9.17, 15) is 9.59 Å². The molecule has 0 bridgehead atoms. The zero-order valence-electron chi connectivity index (χ0n) is 12.7. The number of ketones is 1. The lowest BCUT2D eigenvalue weighted by Crippen LogP contribution is -2.15. The molecule has 1 aromatic heterocycles. The average molecular weight is 341 g/mol. The quantitative estimate of drug-likeness (QED) is 0.725. The summed E-state index contributed by atoms with van der Waals surface area (Å²) in [5.74, 6) is -0.169. The minimum absolute atomic E-state index is 0.139. The molecular formula is C18H13ClN2O3. The number of hydrogen-bond donors (Lipinski definition) is 1. The topological polar surface area (TPSA) is 72.2 Å². The summed E-state index contributed by atoms with van der Waals surface area (Å²) >= 11 is 6.01. The number of anilines is 1. The number of hydrogen-bond acceptors (Lipinski definition) is 4. The van der Waals surface area contributed by atoms with E-state index in [0.29, 0.717) is 27.6 Å². The van der Waals surface area contributed by atoms with Gasteiger partial charge in [-0.25, -0.2) is 0 Å². The van der Waals surface area contributed by atoms with Crippen LogP contribution in [0.25, 0.3) is 0 Å². The van der Waals surface area contributed by atoms with Crippen molar-refractivity contribution in [2.24, 2.45) is 0 Å². The second-order valence-corrected chi connectivity index (χ2v) is 5.60. The van der Waals surface area contributed by atoms with Crippen LogP contribution in [0, 0.1) is 6.92 Å². The first-order valence-electron chi connectivity index (χ1n) is 7.18. The molecule has 2 aromatic carbocycles. The summed E-state index contributed by atoms with van der Waals surface area (Å²) in [7, 11) is 0. The van der Waals surface area contributed by atoms with Crippen molar-refractivity contribution in [3.05, 3.63) is 82.2 Å². The van der Waals surface area contributed by atoms with Crippen molar-refractivity contribution in [3.63, 3.8) is 0 Å². The molecule has 1 heterocycles. The number of aryl methyl sites for hydroxylation is 1. The molecule has 0 aliphatic rings. The summed E-state index contributed by atoms with van der Waals surface area (Å²) in [5, 5.41) is 6.75. The smallest absolute Gasteiger partial charge is 0.277 e. The van der Waals surface area contributed by atoms with Crippen LogP contribution in [0.2, 0.25) is 5.02 Å².